The van der Waals surface area contributed by atoms with E-state index in [1.54, 1.807) is 0 Å². The number of oxazole rings is 1. The van der Waals surface area contributed by atoms with Gasteiger partial charge < -0.3 is 4.42 Å². The van der Waals surface area contributed by atoms with Crippen LogP contribution in [0.1, 0.15) is 5.69 Å². The van der Waals surface area contributed by atoms with Crippen molar-refractivity contribution in [2.75, 3.05) is 0 Å². The predicted octanol–water partition coefficient (Wildman–Crippen LogP) is 1.43. The van der Waals surface area contributed by atoms with Crippen LogP contribution in [0.3, 0.4) is 0 Å². The Labute approximate surface area is 72.8 Å². The van der Waals surface area contributed by atoms with Gasteiger partial charge in [-0.15, -0.1) is 0 Å². The molecule has 2 N–H and O–H groups in total. The van der Waals surface area contributed by atoms with Crippen LogP contribution < -0.4 is 0 Å². The van der Waals surface area contributed by atoms with Crippen LogP contribution >= 0.6 is 12.2 Å². The normalized spacial score (nSPS) is 10.4. The lowest BCUT2D eigenvalue weighted by Crippen LogP contribution is -1.80. The first kappa shape index (κ1) is 7.23. The van der Waals surface area contributed by atoms with Crippen molar-refractivity contribution in [3.8, 4) is 11.6 Å². The zero-order valence-electron chi connectivity index (χ0n) is 6.29. The average Bonchev–Trinajstić information content (AvgIpc) is 2.58. The monoisotopic (exact) mass is 182 g/mol. The highest BCUT2D eigenvalue weighted by atomic mass is 32.1. The van der Waals surface area contributed by atoms with Gasteiger partial charge in [0.25, 0.3) is 0 Å². The first-order chi connectivity index (χ1) is 5.77. The Morgan fingerprint density at radius 3 is 2.83 bits per heavy atom. The molecular formula is C6H6N4OS. The molecule has 0 saturated heterocycles. The van der Waals surface area contributed by atoms with Gasteiger partial charge in [0.15, 0.2) is 18.0 Å². The van der Waals surface area contributed by atoms with Gasteiger partial charge in [-0.05, 0) is 19.1 Å². The van der Waals surface area contributed by atoms with Crippen molar-refractivity contribution < 1.29 is 4.42 Å². The summed E-state index contributed by atoms with van der Waals surface area (Å²) < 4.78 is 5.50. The van der Waals surface area contributed by atoms with E-state index in [9.17, 15) is 0 Å². The fourth-order valence-electron chi connectivity index (χ4n) is 0.907. The van der Waals surface area contributed by atoms with Gasteiger partial charge in [-0.2, -0.15) is 4.98 Å². The molecule has 0 aliphatic rings. The zero-order chi connectivity index (χ0) is 8.55. The van der Waals surface area contributed by atoms with Gasteiger partial charge in [0.05, 0.1) is 5.69 Å². The quantitative estimate of drug-likeness (QED) is 0.654. The average molecular weight is 182 g/mol. The van der Waals surface area contributed by atoms with Crippen LogP contribution in [-0.2, 0) is 0 Å². The molecule has 0 atom stereocenters. The van der Waals surface area contributed by atoms with E-state index in [1.165, 1.54) is 6.39 Å². The van der Waals surface area contributed by atoms with Crippen LogP contribution in [0, 0.1) is 11.7 Å². The SMILES string of the molecule is Cc1ncoc1-c1nc(=S)[nH][nH]1. The van der Waals surface area contributed by atoms with E-state index in [2.05, 4.69) is 20.2 Å². The number of hydrogen-bond acceptors (Lipinski definition) is 4. The maximum atomic E-state index is 5.09. The third kappa shape index (κ3) is 1.06. The van der Waals surface area contributed by atoms with E-state index in [-0.39, 0.29) is 0 Å². The Hall–Kier alpha value is -1.43. The lowest BCUT2D eigenvalue weighted by atomic mass is 10.3. The Kier molecular flexibility index (Phi) is 1.54. The van der Waals surface area contributed by atoms with Crippen LogP contribution in [0.2, 0.25) is 0 Å². The van der Waals surface area contributed by atoms with Gasteiger partial charge in [0.2, 0.25) is 4.77 Å². The van der Waals surface area contributed by atoms with E-state index >= 15 is 0 Å². The summed E-state index contributed by atoms with van der Waals surface area (Å²) in [5.41, 5.74) is 0.785. The van der Waals surface area contributed by atoms with Crippen molar-refractivity contribution in [3.63, 3.8) is 0 Å². The van der Waals surface area contributed by atoms with Crippen molar-refractivity contribution in [1.29, 1.82) is 0 Å². The Morgan fingerprint density at radius 2 is 2.33 bits per heavy atom. The number of aryl methyl sites for hydroxylation is 1. The molecule has 2 aromatic heterocycles. The molecule has 0 fully saturated rings. The number of hydrogen-bond donors (Lipinski definition) is 2. The number of nitrogens with one attached hydrogen (secondary N) is 2. The fraction of sp³-hybridized carbons (Fsp3) is 0.167. The first-order valence-corrected chi connectivity index (χ1v) is 3.73. The van der Waals surface area contributed by atoms with Crippen LogP contribution in [0.5, 0.6) is 0 Å². The van der Waals surface area contributed by atoms with Crippen molar-refractivity contribution in [3.05, 3.63) is 16.9 Å². The molecule has 0 amide bonds. The minimum absolute atomic E-state index is 0.404. The molecule has 62 valence electrons. The highest BCUT2D eigenvalue weighted by Crippen LogP contribution is 2.16. The van der Waals surface area contributed by atoms with Crippen molar-refractivity contribution >= 4 is 12.2 Å². The van der Waals surface area contributed by atoms with Gasteiger partial charge in [-0.1, -0.05) is 0 Å². The third-order valence-electron chi connectivity index (χ3n) is 1.46. The molecule has 2 heterocycles. The van der Waals surface area contributed by atoms with E-state index in [0.29, 0.717) is 16.4 Å². The van der Waals surface area contributed by atoms with E-state index < -0.39 is 0 Å². The number of rotatable bonds is 1. The summed E-state index contributed by atoms with van der Waals surface area (Å²) in [4.78, 5) is 7.91. The molecule has 0 aliphatic carbocycles. The standard InChI is InChI=1S/C6H6N4OS/c1-3-4(11-2-7-3)5-8-6(12)10-9-5/h2H,1H3,(H2,8,9,10,12). The second-order valence-electron chi connectivity index (χ2n) is 2.28. The highest BCUT2D eigenvalue weighted by Gasteiger charge is 2.08. The molecule has 6 heteroatoms. The topological polar surface area (TPSA) is 70.5 Å². The number of H-pyrrole nitrogens is 2. The third-order valence-corrected chi connectivity index (χ3v) is 1.66. The smallest absolute Gasteiger partial charge is 0.213 e. The molecule has 0 unspecified atom stereocenters. The highest BCUT2D eigenvalue weighted by molar-refractivity contribution is 7.71. The molecule has 12 heavy (non-hydrogen) atoms. The summed E-state index contributed by atoms with van der Waals surface area (Å²) in [6.45, 7) is 1.84. The summed E-state index contributed by atoms with van der Waals surface area (Å²) in [6.07, 6.45) is 1.37. The second kappa shape index (κ2) is 2.56. The number of nitrogens with zero attached hydrogens (tertiary/aromatic N) is 2. The molecule has 2 rings (SSSR count). The maximum Gasteiger partial charge on any atom is 0.213 e. The molecule has 0 bridgehead atoms. The van der Waals surface area contributed by atoms with Gasteiger partial charge in [-0.3, -0.25) is 10.2 Å². The number of aromatic nitrogens is 4. The van der Waals surface area contributed by atoms with Crippen LogP contribution in [0.15, 0.2) is 10.8 Å². The Bertz CT molecular complexity index is 440. The molecule has 0 radical (unpaired) electrons. The lowest BCUT2D eigenvalue weighted by molar-refractivity contribution is 0.567. The minimum atomic E-state index is 0.404. The summed E-state index contributed by atoms with van der Waals surface area (Å²) >= 11 is 4.79. The lowest BCUT2D eigenvalue weighted by Gasteiger charge is -1.87. The van der Waals surface area contributed by atoms with Gasteiger partial charge in [0, 0.05) is 0 Å². The number of aromatic amines is 2. The van der Waals surface area contributed by atoms with E-state index in [0.717, 1.165) is 5.69 Å². The van der Waals surface area contributed by atoms with E-state index in [4.69, 9.17) is 16.6 Å². The molecule has 0 aromatic carbocycles. The molecular weight excluding hydrogens is 176 g/mol. The summed E-state index contributed by atoms with van der Waals surface area (Å²) in [5.74, 6) is 1.19. The summed E-state index contributed by atoms with van der Waals surface area (Å²) in [6, 6.07) is 0. The predicted molar refractivity (Wildman–Crippen MR) is 44.0 cm³/mol. The molecule has 2 aromatic rings. The largest absolute Gasteiger partial charge is 0.440 e. The molecule has 0 saturated carbocycles. The molecule has 5 nitrogen and oxygen atoms in total. The van der Waals surface area contributed by atoms with E-state index in [1.807, 2.05) is 6.92 Å². The van der Waals surface area contributed by atoms with Gasteiger partial charge in [-0.25, -0.2) is 4.98 Å². The molecule has 0 spiro atoms. The first-order valence-electron chi connectivity index (χ1n) is 3.32. The minimum Gasteiger partial charge on any atom is -0.440 e. The van der Waals surface area contributed by atoms with Crippen molar-refractivity contribution in [2.45, 2.75) is 6.92 Å². The molecule has 0 aliphatic heterocycles. The van der Waals surface area contributed by atoms with Crippen molar-refractivity contribution in [1.82, 2.24) is 20.2 Å². The second-order valence-corrected chi connectivity index (χ2v) is 2.67. The fourth-order valence-corrected chi connectivity index (χ4v) is 1.05. The van der Waals surface area contributed by atoms with Gasteiger partial charge >= 0.3 is 0 Å². The Balaban J connectivity index is 2.57. The zero-order valence-corrected chi connectivity index (χ0v) is 7.10. The maximum absolute atomic E-state index is 5.09. The van der Waals surface area contributed by atoms with Crippen LogP contribution in [0.25, 0.3) is 11.6 Å². The van der Waals surface area contributed by atoms with Crippen LogP contribution in [-0.4, -0.2) is 20.2 Å². The van der Waals surface area contributed by atoms with Crippen molar-refractivity contribution in [2.24, 2.45) is 0 Å². The summed E-state index contributed by atoms with van der Waals surface area (Å²) in [7, 11) is 0. The van der Waals surface area contributed by atoms with Crippen LogP contribution in [0.4, 0.5) is 0 Å². The Morgan fingerprint density at radius 1 is 1.50 bits per heavy atom. The van der Waals surface area contributed by atoms with Gasteiger partial charge in [0.1, 0.15) is 0 Å². The summed E-state index contributed by atoms with van der Waals surface area (Å²) in [5, 5.41) is 5.45.